The molecule has 34 heavy (non-hydrogen) atoms. The Bertz CT molecular complexity index is 1390. The molecule has 174 valence electrons. The van der Waals surface area contributed by atoms with E-state index in [0.29, 0.717) is 46.2 Å². The minimum absolute atomic E-state index is 0.165. The average Bonchev–Trinajstić information content (AvgIpc) is 2.86. The van der Waals surface area contributed by atoms with E-state index in [4.69, 9.17) is 21.3 Å². The number of hydrogen-bond donors (Lipinski definition) is 0. The minimum Gasteiger partial charge on any atom is -0.383 e. The van der Waals surface area contributed by atoms with E-state index in [1.165, 1.54) is 0 Å². The number of benzene rings is 3. The Kier molecular flexibility index (Phi) is 7.10. The third-order valence-electron chi connectivity index (χ3n) is 5.94. The monoisotopic (exact) mass is 475 g/mol. The van der Waals surface area contributed by atoms with Crippen LogP contribution < -0.4 is 5.56 Å². The first-order chi connectivity index (χ1) is 16.4. The van der Waals surface area contributed by atoms with E-state index in [2.05, 4.69) is 0 Å². The van der Waals surface area contributed by atoms with Gasteiger partial charge in [0.2, 0.25) is 0 Å². The highest BCUT2D eigenvalue weighted by Crippen LogP contribution is 2.27. The van der Waals surface area contributed by atoms with Gasteiger partial charge >= 0.3 is 0 Å². The number of hydrogen-bond acceptors (Lipinski definition) is 4. The zero-order chi connectivity index (χ0) is 24.2. The molecule has 4 aromatic rings. The normalized spacial score (nSPS) is 12.0. The maximum atomic E-state index is 13.7. The van der Waals surface area contributed by atoms with Gasteiger partial charge in [-0.25, -0.2) is 4.98 Å². The van der Waals surface area contributed by atoms with Gasteiger partial charge in [-0.2, -0.15) is 0 Å². The minimum atomic E-state index is -0.529. The number of para-hydroxylation sites is 1. The Hall–Kier alpha value is -3.48. The van der Waals surface area contributed by atoms with Crippen LogP contribution in [0.2, 0.25) is 5.02 Å². The highest BCUT2D eigenvalue weighted by Gasteiger charge is 2.28. The van der Waals surface area contributed by atoms with Crippen molar-refractivity contribution in [1.82, 2.24) is 14.5 Å². The molecule has 0 saturated carbocycles. The fourth-order valence-electron chi connectivity index (χ4n) is 4.05. The van der Waals surface area contributed by atoms with Crippen LogP contribution in [0.5, 0.6) is 0 Å². The molecule has 1 aromatic heterocycles. The van der Waals surface area contributed by atoms with Gasteiger partial charge in [-0.15, -0.1) is 0 Å². The van der Waals surface area contributed by atoms with E-state index in [-0.39, 0.29) is 11.5 Å². The number of ether oxygens (including phenoxy) is 1. The fraction of sp³-hybridized carbons (Fsp3) is 0.222. The van der Waals surface area contributed by atoms with Crippen molar-refractivity contribution < 1.29 is 9.53 Å². The van der Waals surface area contributed by atoms with Crippen molar-refractivity contribution >= 4 is 28.4 Å². The Morgan fingerprint density at radius 2 is 1.76 bits per heavy atom. The maximum Gasteiger partial charge on any atom is 0.266 e. The fourth-order valence-corrected chi connectivity index (χ4v) is 4.22. The number of carbonyl (C=O) groups excluding carboxylic acids is 1. The highest BCUT2D eigenvalue weighted by molar-refractivity contribution is 6.31. The quantitative estimate of drug-likeness (QED) is 0.368. The number of aromatic nitrogens is 2. The van der Waals surface area contributed by atoms with Gasteiger partial charge in [0.25, 0.3) is 11.5 Å². The Labute approximate surface area is 203 Å². The van der Waals surface area contributed by atoms with Crippen molar-refractivity contribution in [2.24, 2.45) is 0 Å². The first-order valence-corrected chi connectivity index (χ1v) is 11.4. The first kappa shape index (κ1) is 23.7. The number of nitrogens with zero attached hydrogens (tertiary/aromatic N) is 3. The van der Waals surface area contributed by atoms with Crippen LogP contribution in [-0.2, 0) is 4.74 Å². The molecule has 3 aromatic carbocycles. The molecule has 0 saturated heterocycles. The van der Waals surface area contributed by atoms with Crippen LogP contribution in [0.3, 0.4) is 0 Å². The Balaban J connectivity index is 1.94. The molecule has 4 rings (SSSR count). The van der Waals surface area contributed by atoms with Crippen LogP contribution >= 0.6 is 11.6 Å². The molecule has 0 bridgehead atoms. The van der Waals surface area contributed by atoms with Crippen molar-refractivity contribution in [3.8, 4) is 5.69 Å². The van der Waals surface area contributed by atoms with Crippen molar-refractivity contribution in [3.05, 3.63) is 105 Å². The third-order valence-corrected chi connectivity index (χ3v) is 6.35. The summed E-state index contributed by atoms with van der Waals surface area (Å²) < 4.78 is 6.86. The van der Waals surface area contributed by atoms with Crippen LogP contribution in [0, 0.1) is 6.92 Å². The molecule has 0 radical (unpaired) electrons. The number of halogens is 1. The van der Waals surface area contributed by atoms with Gasteiger partial charge in [0, 0.05) is 24.2 Å². The summed E-state index contributed by atoms with van der Waals surface area (Å²) in [6, 6.07) is 21.2. The van der Waals surface area contributed by atoms with E-state index in [0.717, 1.165) is 5.56 Å². The lowest BCUT2D eigenvalue weighted by molar-refractivity contribution is 0.0605. The topological polar surface area (TPSA) is 64.4 Å². The van der Waals surface area contributed by atoms with Gasteiger partial charge in [0.1, 0.15) is 5.82 Å². The molecule has 7 heteroatoms. The van der Waals surface area contributed by atoms with Crippen LogP contribution in [0.1, 0.15) is 34.7 Å². The van der Waals surface area contributed by atoms with Crippen LogP contribution in [0.4, 0.5) is 0 Å². The van der Waals surface area contributed by atoms with Gasteiger partial charge in [0.15, 0.2) is 0 Å². The van der Waals surface area contributed by atoms with E-state index in [1.54, 1.807) is 53.0 Å². The zero-order valence-electron chi connectivity index (χ0n) is 19.4. The molecule has 0 aliphatic carbocycles. The molecule has 6 nitrogen and oxygen atoms in total. The summed E-state index contributed by atoms with van der Waals surface area (Å²) in [4.78, 5) is 33.8. The second kappa shape index (κ2) is 10.2. The van der Waals surface area contributed by atoms with Gasteiger partial charge < -0.3 is 9.64 Å². The number of fused-ring (bicyclic) bond motifs is 1. The predicted octanol–water partition coefficient (Wildman–Crippen LogP) is 5.20. The van der Waals surface area contributed by atoms with Crippen LogP contribution in [0.25, 0.3) is 16.6 Å². The molecule has 1 amide bonds. The lowest BCUT2D eigenvalue weighted by Crippen LogP contribution is -2.39. The number of rotatable bonds is 7. The van der Waals surface area contributed by atoms with Gasteiger partial charge in [-0.05, 0) is 55.8 Å². The number of carbonyl (C=O) groups is 1. The largest absolute Gasteiger partial charge is 0.383 e. The maximum absolute atomic E-state index is 13.7. The van der Waals surface area contributed by atoms with Gasteiger partial charge in [-0.3, -0.25) is 14.2 Å². The molecule has 0 spiro atoms. The second-order valence-corrected chi connectivity index (χ2v) is 8.45. The van der Waals surface area contributed by atoms with Crippen molar-refractivity contribution in [2.75, 3.05) is 20.3 Å². The Morgan fingerprint density at radius 3 is 2.50 bits per heavy atom. The third kappa shape index (κ3) is 4.47. The number of amides is 1. The zero-order valence-corrected chi connectivity index (χ0v) is 20.1. The molecule has 0 fully saturated rings. The smallest absolute Gasteiger partial charge is 0.266 e. The lowest BCUT2D eigenvalue weighted by atomic mass is 10.1. The van der Waals surface area contributed by atoms with Crippen molar-refractivity contribution in [1.29, 1.82) is 0 Å². The SMILES string of the molecule is COCCN(C(=O)c1ccccc1)C(C)c1nc2ccccc2c(=O)n1-c1cccc(Cl)c1C. The molecule has 0 aliphatic rings. The summed E-state index contributed by atoms with van der Waals surface area (Å²) in [5.74, 6) is 0.288. The lowest BCUT2D eigenvalue weighted by Gasteiger charge is -2.31. The van der Waals surface area contributed by atoms with Crippen molar-refractivity contribution in [3.63, 3.8) is 0 Å². The standard InChI is InChI=1S/C27H26ClN3O3/c1-18-22(28)13-9-15-24(18)31-25(29-23-14-8-7-12-21(23)27(31)33)19(2)30(16-17-34-3)26(32)20-10-5-4-6-11-20/h4-15,19H,16-17H2,1-3H3. The summed E-state index contributed by atoms with van der Waals surface area (Å²) >= 11 is 6.41. The van der Waals surface area contributed by atoms with E-state index < -0.39 is 6.04 Å². The van der Waals surface area contributed by atoms with E-state index >= 15 is 0 Å². The van der Waals surface area contributed by atoms with Crippen LogP contribution in [-0.4, -0.2) is 40.6 Å². The van der Waals surface area contributed by atoms with E-state index in [1.807, 2.05) is 50.2 Å². The van der Waals surface area contributed by atoms with E-state index in [9.17, 15) is 9.59 Å². The predicted molar refractivity (Wildman–Crippen MR) is 135 cm³/mol. The summed E-state index contributed by atoms with van der Waals surface area (Å²) in [5.41, 5.74) is 2.31. The molecule has 1 heterocycles. The molecule has 1 unspecified atom stereocenters. The molecule has 0 N–H and O–H groups in total. The molecule has 1 atom stereocenters. The van der Waals surface area contributed by atoms with Gasteiger partial charge in [0.05, 0.1) is 29.2 Å². The van der Waals surface area contributed by atoms with Gasteiger partial charge in [-0.1, -0.05) is 48.0 Å². The molecular formula is C27H26ClN3O3. The van der Waals surface area contributed by atoms with Crippen LogP contribution in [0.15, 0.2) is 77.6 Å². The molecular weight excluding hydrogens is 450 g/mol. The second-order valence-electron chi connectivity index (χ2n) is 8.05. The highest BCUT2D eigenvalue weighted by atomic mass is 35.5. The Morgan fingerprint density at radius 1 is 1.06 bits per heavy atom. The summed E-state index contributed by atoms with van der Waals surface area (Å²) in [6.07, 6.45) is 0. The average molecular weight is 476 g/mol. The van der Waals surface area contributed by atoms with Crippen molar-refractivity contribution in [2.45, 2.75) is 19.9 Å². The number of methoxy groups -OCH3 is 1. The summed E-state index contributed by atoms with van der Waals surface area (Å²) in [5, 5.41) is 1.04. The summed E-state index contributed by atoms with van der Waals surface area (Å²) in [6.45, 7) is 4.43. The summed E-state index contributed by atoms with van der Waals surface area (Å²) in [7, 11) is 1.59. The first-order valence-electron chi connectivity index (χ1n) is 11.1. The molecule has 0 aliphatic heterocycles.